The van der Waals surface area contributed by atoms with Crippen LogP contribution in [0, 0.1) is 0 Å². The lowest BCUT2D eigenvalue weighted by Crippen LogP contribution is -2.30. The van der Waals surface area contributed by atoms with E-state index in [9.17, 15) is 22.8 Å². The van der Waals surface area contributed by atoms with Gasteiger partial charge in [-0.05, 0) is 48.9 Å². The fourth-order valence-electron chi connectivity index (χ4n) is 5.61. The normalized spacial score (nSPS) is 12.8. The van der Waals surface area contributed by atoms with Gasteiger partial charge in [0.15, 0.2) is 0 Å². The van der Waals surface area contributed by atoms with Crippen molar-refractivity contribution in [2.45, 2.75) is 13.1 Å². The third kappa shape index (κ3) is 4.59. The molecule has 1 aromatic heterocycles. The van der Waals surface area contributed by atoms with E-state index in [0.717, 1.165) is 28.0 Å². The first-order chi connectivity index (χ1) is 20.8. The summed E-state index contributed by atoms with van der Waals surface area (Å²) in [6.07, 6.45) is -2.79. The summed E-state index contributed by atoms with van der Waals surface area (Å²) < 4.78 is 42.9. The number of hydrogen-bond acceptors (Lipinski definition) is 2. The average molecular weight is 575 g/mol. The minimum Gasteiger partial charge on any atom is -0.308 e. The number of aromatic nitrogens is 1. The molecular formula is C36H25F3N2O2. The second-order valence-electron chi connectivity index (χ2n) is 10.0. The highest BCUT2D eigenvalue weighted by Gasteiger charge is 2.40. The third-order valence-corrected chi connectivity index (χ3v) is 7.36. The van der Waals surface area contributed by atoms with Crippen LogP contribution in [0.15, 0.2) is 128 Å². The number of hydrogen-bond donors (Lipinski definition) is 0. The Balaban J connectivity index is 0.00000105. The fourth-order valence-corrected chi connectivity index (χ4v) is 5.61. The van der Waals surface area contributed by atoms with Gasteiger partial charge in [-0.3, -0.25) is 9.59 Å². The molecule has 7 heteroatoms. The quantitative estimate of drug-likeness (QED) is 0.156. The molecule has 6 aromatic rings. The highest BCUT2D eigenvalue weighted by molar-refractivity contribution is 6.36. The lowest BCUT2D eigenvalue weighted by molar-refractivity contribution is -0.137. The van der Waals surface area contributed by atoms with Crippen molar-refractivity contribution in [1.29, 1.82) is 0 Å². The molecule has 0 bridgehead atoms. The molecule has 43 heavy (non-hydrogen) atoms. The summed E-state index contributed by atoms with van der Waals surface area (Å²) in [5.74, 6) is -1.01. The molecule has 2 heterocycles. The van der Waals surface area contributed by atoms with Crippen LogP contribution < -0.4 is 4.90 Å². The van der Waals surface area contributed by atoms with E-state index in [4.69, 9.17) is 0 Å². The molecule has 0 unspecified atom stereocenters. The Kier molecular flexibility index (Phi) is 6.94. The Labute approximate surface area is 245 Å². The molecule has 7 rings (SSSR count). The first kappa shape index (κ1) is 27.7. The monoisotopic (exact) mass is 574 g/mol. The molecule has 1 aliphatic rings. The predicted molar refractivity (Wildman–Crippen MR) is 165 cm³/mol. The lowest BCUT2D eigenvalue weighted by Gasteiger charge is -2.18. The van der Waals surface area contributed by atoms with Crippen molar-refractivity contribution in [2.24, 2.45) is 0 Å². The van der Waals surface area contributed by atoms with Gasteiger partial charge < -0.3 is 4.57 Å². The molecule has 0 saturated heterocycles. The van der Waals surface area contributed by atoms with Crippen LogP contribution in [0.3, 0.4) is 0 Å². The van der Waals surface area contributed by atoms with Crippen LogP contribution in [-0.4, -0.2) is 16.4 Å². The molecule has 5 aromatic carbocycles. The van der Waals surface area contributed by atoms with Crippen LogP contribution in [-0.2, 0) is 6.18 Å². The highest BCUT2D eigenvalue weighted by atomic mass is 19.4. The molecule has 4 nitrogen and oxygen atoms in total. The lowest BCUT2D eigenvalue weighted by atomic mass is 10.0. The molecule has 0 aliphatic carbocycles. The summed E-state index contributed by atoms with van der Waals surface area (Å²) in [5.41, 5.74) is 2.83. The van der Waals surface area contributed by atoms with Gasteiger partial charge in [0, 0.05) is 16.3 Å². The number of amides is 2. The van der Waals surface area contributed by atoms with Gasteiger partial charge in [-0.2, -0.15) is 13.2 Å². The predicted octanol–water partition coefficient (Wildman–Crippen LogP) is 9.46. The van der Waals surface area contributed by atoms with Crippen LogP contribution in [0.1, 0.15) is 33.2 Å². The van der Waals surface area contributed by atoms with Gasteiger partial charge in [0.2, 0.25) is 0 Å². The molecule has 0 spiro atoms. The number of allylic oxidation sites excluding steroid dienone is 1. The maximum absolute atomic E-state index is 14.1. The van der Waals surface area contributed by atoms with Gasteiger partial charge in [-0.25, -0.2) is 4.90 Å². The largest absolute Gasteiger partial charge is 0.416 e. The zero-order chi connectivity index (χ0) is 30.3. The van der Waals surface area contributed by atoms with E-state index < -0.39 is 23.6 Å². The molecule has 0 atom stereocenters. The first-order valence-corrected chi connectivity index (χ1v) is 13.6. The number of anilines is 1. The number of carbonyl (C=O) groups is 2. The maximum Gasteiger partial charge on any atom is 0.416 e. The van der Waals surface area contributed by atoms with E-state index in [-0.39, 0.29) is 11.1 Å². The van der Waals surface area contributed by atoms with Crippen LogP contribution in [0.4, 0.5) is 18.9 Å². The van der Waals surface area contributed by atoms with Crippen LogP contribution in [0.5, 0.6) is 0 Å². The van der Waals surface area contributed by atoms with Gasteiger partial charge in [0.1, 0.15) is 0 Å². The molecule has 212 valence electrons. The number of fused-ring (bicyclic) bond motifs is 4. The average Bonchev–Trinajstić information content (AvgIpc) is 3.48. The van der Waals surface area contributed by atoms with E-state index in [1.165, 1.54) is 6.07 Å². The fraction of sp³-hybridized carbons (Fsp3) is 0.0556. The molecule has 0 radical (unpaired) electrons. The number of alkyl halides is 3. The van der Waals surface area contributed by atoms with Gasteiger partial charge in [0.25, 0.3) is 11.8 Å². The van der Waals surface area contributed by atoms with Crippen molar-refractivity contribution in [3.8, 4) is 16.8 Å². The number of benzene rings is 5. The molecular weight excluding hydrogens is 549 g/mol. The summed E-state index contributed by atoms with van der Waals surface area (Å²) in [5, 5.41) is 1.36. The van der Waals surface area contributed by atoms with Crippen LogP contribution in [0.25, 0.3) is 38.6 Å². The first-order valence-electron chi connectivity index (χ1n) is 13.6. The topological polar surface area (TPSA) is 42.3 Å². The van der Waals surface area contributed by atoms with Crippen molar-refractivity contribution in [1.82, 2.24) is 4.57 Å². The Hall–Kier alpha value is -5.43. The minimum absolute atomic E-state index is 0.149. The van der Waals surface area contributed by atoms with Gasteiger partial charge in [-0.15, -0.1) is 6.58 Å². The zero-order valence-corrected chi connectivity index (χ0v) is 23.1. The number of imide groups is 1. The maximum atomic E-state index is 14.1. The molecule has 2 amide bonds. The molecule has 0 saturated carbocycles. The van der Waals surface area contributed by atoms with E-state index in [2.05, 4.69) is 6.58 Å². The van der Waals surface area contributed by atoms with Crippen molar-refractivity contribution in [2.75, 3.05) is 4.90 Å². The van der Waals surface area contributed by atoms with E-state index >= 15 is 0 Å². The summed E-state index contributed by atoms with van der Waals surface area (Å²) in [7, 11) is 0. The molecule has 1 aliphatic heterocycles. The standard InChI is InChI=1S/C33H19F3N2O2.C3H6/c34-33(35,36)21-17-18-24-23-12-5-7-15-27(23)37(29(24)19-21)28-16-8-13-25-30(28)32(40)38(31(25)39)26-14-6-4-11-22(26)20-9-2-1-3-10-20;1-3-2/h1-19H;3H,1H2,2H3. The van der Waals surface area contributed by atoms with Gasteiger partial charge in [-0.1, -0.05) is 84.9 Å². The summed E-state index contributed by atoms with van der Waals surface area (Å²) in [4.78, 5) is 29.0. The third-order valence-electron chi connectivity index (χ3n) is 7.36. The number of para-hydroxylation sites is 2. The SMILES string of the molecule is C=CC.O=C1c2cccc(-n3c4ccccc4c4ccc(C(F)(F)F)cc43)c2C(=O)N1c1ccccc1-c1ccccc1. The summed E-state index contributed by atoms with van der Waals surface area (Å²) >= 11 is 0. The Morgan fingerprint density at radius 2 is 1.26 bits per heavy atom. The smallest absolute Gasteiger partial charge is 0.308 e. The Bertz CT molecular complexity index is 2040. The second-order valence-corrected chi connectivity index (χ2v) is 10.0. The van der Waals surface area contributed by atoms with Crippen molar-refractivity contribution < 1.29 is 22.8 Å². The van der Waals surface area contributed by atoms with E-state index in [1.807, 2.05) is 61.5 Å². The number of rotatable bonds is 3. The summed E-state index contributed by atoms with van der Waals surface area (Å²) in [6.45, 7) is 5.25. The van der Waals surface area contributed by atoms with Crippen molar-refractivity contribution >= 4 is 39.3 Å². The van der Waals surface area contributed by atoms with E-state index in [0.29, 0.717) is 33.4 Å². The summed E-state index contributed by atoms with van der Waals surface area (Å²) in [6, 6.07) is 32.4. The number of halogens is 3. The second kappa shape index (κ2) is 10.8. The van der Waals surface area contributed by atoms with Gasteiger partial charge >= 0.3 is 6.18 Å². The minimum atomic E-state index is -4.54. The Morgan fingerprint density at radius 3 is 2.00 bits per heavy atom. The van der Waals surface area contributed by atoms with Gasteiger partial charge in [0.05, 0.1) is 39.1 Å². The number of carbonyl (C=O) groups excluding carboxylic acids is 2. The van der Waals surface area contributed by atoms with Crippen LogP contribution >= 0.6 is 0 Å². The molecule has 0 N–H and O–H groups in total. The Morgan fingerprint density at radius 1 is 0.651 bits per heavy atom. The van der Waals surface area contributed by atoms with Crippen molar-refractivity contribution in [3.63, 3.8) is 0 Å². The molecule has 0 fully saturated rings. The highest BCUT2D eigenvalue weighted by Crippen LogP contribution is 2.41. The van der Waals surface area contributed by atoms with E-state index in [1.54, 1.807) is 53.1 Å². The zero-order valence-electron chi connectivity index (χ0n) is 23.1. The number of nitrogens with zero attached hydrogens (tertiary/aromatic N) is 2. The van der Waals surface area contributed by atoms with Crippen molar-refractivity contribution in [3.05, 3.63) is 145 Å². The van der Waals surface area contributed by atoms with Crippen LogP contribution in [0.2, 0.25) is 0 Å².